The summed E-state index contributed by atoms with van der Waals surface area (Å²) < 4.78 is 18.8. The second-order valence-corrected chi connectivity index (χ2v) is 7.44. The van der Waals surface area contributed by atoms with E-state index in [1.807, 2.05) is 19.1 Å². The first kappa shape index (κ1) is 20.6. The molecule has 0 atom stereocenters. The summed E-state index contributed by atoms with van der Waals surface area (Å²) in [4.78, 5) is 27.8. The Hall–Kier alpha value is -3.64. The lowest BCUT2D eigenvalue weighted by Crippen LogP contribution is -2.32. The molecule has 1 N–H and O–H groups in total. The molecule has 0 fully saturated rings. The summed E-state index contributed by atoms with van der Waals surface area (Å²) in [7, 11) is 1.49. The Morgan fingerprint density at radius 3 is 2.26 bits per heavy atom. The van der Waals surface area contributed by atoms with Crippen molar-refractivity contribution in [2.24, 2.45) is 0 Å². The van der Waals surface area contributed by atoms with Crippen LogP contribution >= 0.6 is 11.6 Å². The van der Waals surface area contributed by atoms with Gasteiger partial charge in [-0.3, -0.25) is 9.59 Å². The van der Waals surface area contributed by atoms with Gasteiger partial charge >= 0.3 is 0 Å². The Kier molecular flexibility index (Phi) is 5.48. The molecule has 7 heteroatoms. The maximum absolute atomic E-state index is 13.5. The van der Waals surface area contributed by atoms with E-state index in [1.54, 1.807) is 30.3 Å². The Morgan fingerprint density at radius 1 is 0.935 bits per heavy atom. The van der Waals surface area contributed by atoms with Gasteiger partial charge in [-0.15, -0.1) is 0 Å². The molecule has 3 aromatic carbocycles. The van der Waals surface area contributed by atoms with Crippen LogP contribution in [0.5, 0.6) is 5.75 Å². The average molecular weight is 437 g/mol. The maximum atomic E-state index is 13.5. The summed E-state index contributed by atoms with van der Waals surface area (Å²) in [6, 6.07) is 17.4. The van der Waals surface area contributed by atoms with Gasteiger partial charge in [0, 0.05) is 5.02 Å². The van der Waals surface area contributed by atoms with E-state index in [-0.39, 0.29) is 11.3 Å². The molecule has 4 rings (SSSR count). The first-order valence-electron chi connectivity index (χ1n) is 9.45. The van der Waals surface area contributed by atoms with Crippen LogP contribution in [-0.2, 0) is 9.59 Å². The summed E-state index contributed by atoms with van der Waals surface area (Å²) >= 11 is 6.12. The lowest BCUT2D eigenvalue weighted by atomic mass is 10.0. The number of benzene rings is 3. The van der Waals surface area contributed by atoms with Gasteiger partial charge in [0.15, 0.2) is 0 Å². The highest BCUT2D eigenvalue weighted by Crippen LogP contribution is 2.36. The van der Waals surface area contributed by atoms with Crippen molar-refractivity contribution in [2.45, 2.75) is 6.92 Å². The first-order valence-corrected chi connectivity index (χ1v) is 9.83. The SMILES string of the molecule is COc1ccc(Cl)cc1NC1=C(c2ccc(F)cc2)C(=O)N(c2ccc(C)cc2)C1=O. The quantitative estimate of drug-likeness (QED) is 0.559. The van der Waals surface area contributed by atoms with E-state index < -0.39 is 17.6 Å². The minimum atomic E-state index is -0.532. The zero-order valence-corrected chi connectivity index (χ0v) is 17.5. The Morgan fingerprint density at radius 2 is 1.61 bits per heavy atom. The van der Waals surface area contributed by atoms with Crippen LogP contribution in [0.15, 0.2) is 72.4 Å². The topological polar surface area (TPSA) is 58.6 Å². The molecule has 0 radical (unpaired) electrons. The molecule has 31 heavy (non-hydrogen) atoms. The summed E-state index contributed by atoms with van der Waals surface area (Å²) in [6.07, 6.45) is 0. The number of nitrogens with zero attached hydrogens (tertiary/aromatic N) is 1. The van der Waals surface area contributed by atoms with Crippen LogP contribution in [0.4, 0.5) is 15.8 Å². The molecule has 1 aliphatic heterocycles. The molecular formula is C24H18ClFN2O3. The van der Waals surface area contributed by atoms with Crippen LogP contribution < -0.4 is 15.0 Å². The normalized spacial score (nSPS) is 13.7. The molecule has 0 unspecified atom stereocenters. The number of imide groups is 1. The Labute approximate surface area is 183 Å². The van der Waals surface area contributed by atoms with Crippen LogP contribution in [0.25, 0.3) is 5.57 Å². The molecule has 156 valence electrons. The van der Waals surface area contributed by atoms with Crippen LogP contribution in [0.1, 0.15) is 11.1 Å². The Balaban J connectivity index is 1.85. The number of ether oxygens (including phenoxy) is 1. The van der Waals surface area contributed by atoms with Gasteiger partial charge in [0.05, 0.1) is 24.1 Å². The molecule has 0 spiro atoms. The minimum absolute atomic E-state index is 0.0535. The fraction of sp³-hybridized carbons (Fsp3) is 0.0833. The van der Waals surface area contributed by atoms with Gasteiger partial charge < -0.3 is 10.1 Å². The van der Waals surface area contributed by atoms with Gasteiger partial charge in [-0.05, 0) is 55.0 Å². The van der Waals surface area contributed by atoms with E-state index in [0.717, 1.165) is 10.5 Å². The van der Waals surface area contributed by atoms with Crippen molar-refractivity contribution < 1.29 is 18.7 Å². The van der Waals surface area contributed by atoms with Crippen LogP contribution in [-0.4, -0.2) is 18.9 Å². The summed E-state index contributed by atoms with van der Waals surface area (Å²) in [5, 5.41) is 3.45. The first-order chi connectivity index (χ1) is 14.9. The van der Waals surface area contributed by atoms with Gasteiger partial charge in [-0.2, -0.15) is 0 Å². The van der Waals surface area contributed by atoms with Crippen molar-refractivity contribution in [3.05, 3.63) is 94.4 Å². The third-order valence-electron chi connectivity index (χ3n) is 4.93. The summed E-state index contributed by atoms with van der Waals surface area (Å²) in [6.45, 7) is 1.91. The molecule has 0 bridgehead atoms. The van der Waals surface area contributed by atoms with Gasteiger partial charge in [-0.1, -0.05) is 41.4 Å². The standard InChI is InChI=1S/C24H18ClFN2O3/c1-14-3-10-18(11-4-14)28-23(29)21(15-5-8-17(26)9-6-15)22(24(28)30)27-19-13-16(25)7-12-20(19)31-2/h3-13,27H,1-2H3. The second-order valence-electron chi connectivity index (χ2n) is 7.01. The molecule has 0 saturated heterocycles. The van der Waals surface area contributed by atoms with E-state index in [0.29, 0.717) is 27.7 Å². The smallest absolute Gasteiger partial charge is 0.282 e. The summed E-state index contributed by atoms with van der Waals surface area (Å²) in [5.74, 6) is -1.04. The van der Waals surface area contributed by atoms with E-state index in [4.69, 9.17) is 16.3 Å². The fourth-order valence-electron chi connectivity index (χ4n) is 3.37. The van der Waals surface area contributed by atoms with Gasteiger partial charge in [0.2, 0.25) is 0 Å². The zero-order chi connectivity index (χ0) is 22.1. The highest BCUT2D eigenvalue weighted by atomic mass is 35.5. The monoisotopic (exact) mass is 436 g/mol. The number of aryl methyl sites for hydroxylation is 1. The van der Waals surface area contributed by atoms with Crippen molar-refractivity contribution in [3.63, 3.8) is 0 Å². The van der Waals surface area contributed by atoms with Crippen LogP contribution in [0.3, 0.4) is 0 Å². The number of carbonyl (C=O) groups is 2. The number of nitrogens with one attached hydrogen (secondary N) is 1. The molecule has 3 aromatic rings. The molecule has 1 heterocycles. The predicted octanol–water partition coefficient (Wildman–Crippen LogP) is 5.19. The lowest BCUT2D eigenvalue weighted by molar-refractivity contribution is -0.120. The molecule has 1 aliphatic rings. The highest BCUT2D eigenvalue weighted by Gasteiger charge is 2.40. The average Bonchev–Trinajstić information content (AvgIpc) is 2.99. The van der Waals surface area contributed by atoms with Crippen molar-refractivity contribution in [2.75, 3.05) is 17.3 Å². The molecule has 0 aromatic heterocycles. The zero-order valence-electron chi connectivity index (χ0n) is 16.8. The van der Waals surface area contributed by atoms with Gasteiger partial charge in [0.1, 0.15) is 17.3 Å². The third kappa shape index (κ3) is 3.90. The number of carbonyl (C=O) groups excluding carboxylic acids is 2. The fourth-order valence-corrected chi connectivity index (χ4v) is 3.54. The van der Waals surface area contributed by atoms with E-state index in [1.165, 1.54) is 31.4 Å². The number of rotatable bonds is 5. The number of amides is 2. The van der Waals surface area contributed by atoms with E-state index >= 15 is 0 Å². The molecular weight excluding hydrogens is 419 g/mol. The van der Waals surface area contributed by atoms with Crippen LogP contribution in [0, 0.1) is 12.7 Å². The summed E-state index contributed by atoms with van der Waals surface area (Å²) in [5.41, 5.74) is 2.46. The Bertz CT molecular complexity index is 1200. The van der Waals surface area contributed by atoms with Crippen molar-refractivity contribution >= 4 is 40.4 Å². The van der Waals surface area contributed by atoms with Crippen LogP contribution in [0.2, 0.25) is 5.02 Å². The molecule has 0 saturated carbocycles. The number of methoxy groups -OCH3 is 1. The van der Waals surface area contributed by atoms with Crippen molar-refractivity contribution in [1.82, 2.24) is 0 Å². The van der Waals surface area contributed by atoms with Gasteiger partial charge in [-0.25, -0.2) is 9.29 Å². The van der Waals surface area contributed by atoms with Crippen molar-refractivity contribution in [1.29, 1.82) is 0 Å². The molecule has 2 amide bonds. The maximum Gasteiger partial charge on any atom is 0.282 e. The number of halogens is 2. The number of hydrogen-bond acceptors (Lipinski definition) is 4. The van der Waals surface area contributed by atoms with E-state index in [2.05, 4.69) is 5.32 Å². The third-order valence-corrected chi connectivity index (χ3v) is 5.17. The minimum Gasteiger partial charge on any atom is -0.495 e. The van der Waals surface area contributed by atoms with Gasteiger partial charge in [0.25, 0.3) is 11.8 Å². The van der Waals surface area contributed by atoms with Crippen molar-refractivity contribution in [3.8, 4) is 5.75 Å². The molecule has 5 nitrogen and oxygen atoms in total. The number of hydrogen-bond donors (Lipinski definition) is 1. The largest absolute Gasteiger partial charge is 0.495 e. The second kappa shape index (κ2) is 8.24. The molecule has 0 aliphatic carbocycles. The lowest BCUT2D eigenvalue weighted by Gasteiger charge is -2.16. The predicted molar refractivity (Wildman–Crippen MR) is 119 cm³/mol. The highest BCUT2D eigenvalue weighted by molar-refractivity contribution is 6.46. The van der Waals surface area contributed by atoms with E-state index in [9.17, 15) is 14.0 Å². The number of anilines is 2.